The normalized spacial score (nSPS) is 12.0. The number of nitrogens with one attached hydrogen (secondary N) is 1. The van der Waals surface area contributed by atoms with E-state index in [1.807, 2.05) is 6.92 Å². The van der Waals surface area contributed by atoms with Crippen LogP contribution in [0.1, 0.15) is 25.2 Å². The Morgan fingerprint density at radius 1 is 1.15 bits per heavy atom. The Hall–Kier alpha value is -3.37. The molecule has 1 unspecified atom stereocenters. The van der Waals surface area contributed by atoms with Crippen molar-refractivity contribution in [3.63, 3.8) is 0 Å². The molecule has 0 fully saturated rings. The molecule has 3 rings (SSSR count). The van der Waals surface area contributed by atoms with E-state index in [-0.39, 0.29) is 37.5 Å². The molecule has 8 nitrogen and oxygen atoms in total. The number of fused-ring (bicyclic) bond motifs is 1. The molecule has 0 saturated carbocycles. The van der Waals surface area contributed by atoms with Crippen LogP contribution in [0, 0.1) is 11.6 Å². The predicted octanol–water partition coefficient (Wildman–Crippen LogP) is 3.95. The Bertz CT molecular complexity index is 1200. The third kappa shape index (κ3) is 5.57. The minimum absolute atomic E-state index is 0.149. The number of para-hydroxylation sites is 1. The van der Waals surface area contributed by atoms with Gasteiger partial charge in [0.15, 0.2) is 0 Å². The number of carbonyl (C=O) groups excluding carboxylic acids is 1. The van der Waals surface area contributed by atoms with Crippen molar-refractivity contribution in [2.24, 2.45) is 0 Å². The average Bonchev–Trinajstić information content (AvgIpc) is 2.83. The van der Waals surface area contributed by atoms with Gasteiger partial charge in [0.25, 0.3) is 5.56 Å². The summed E-state index contributed by atoms with van der Waals surface area (Å²) in [6, 6.07) is 8.63. The number of urea groups is 1. The Kier molecular flexibility index (Phi) is 8.67. The molecular formula is C24H28F2N4O4. The van der Waals surface area contributed by atoms with Crippen molar-refractivity contribution in [1.82, 2.24) is 14.5 Å². The molecule has 2 amide bonds. The lowest BCUT2D eigenvalue weighted by molar-refractivity contribution is 0.128. The maximum Gasteiger partial charge on any atom is 0.322 e. The maximum atomic E-state index is 14.2. The van der Waals surface area contributed by atoms with Gasteiger partial charge in [-0.05, 0) is 30.7 Å². The summed E-state index contributed by atoms with van der Waals surface area (Å²) in [6.07, 6.45) is 0.417. The number of hydrogen-bond acceptors (Lipinski definition) is 5. The Morgan fingerprint density at radius 3 is 2.56 bits per heavy atom. The van der Waals surface area contributed by atoms with Crippen molar-refractivity contribution in [2.45, 2.75) is 25.9 Å². The second-order valence-electron chi connectivity index (χ2n) is 7.60. The van der Waals surface area contributed by atoms with Crippen molar-refractivity contribution in [3.8, 4) is 0 Å². The number of methoxy groups -OCH3 is 2. The second kappa shape index (κ2) is 11.7. The van der Waals surface area contributed by atoms with Crippen LogP contribution in [0.25, 0.3) is 10.9 Å². The number of benzene rings is 2. The van der Waals surface area contributed by atoms with Gasteiger partial charge in [0.05, 0.1) is 42.4 Å². The van der Waals surface area contributed by atoms with Crippen molar-refractivity contribution >= 4 is 22.6 Å². The highest BCUT2D eigenvalue weighted by Gasteiger charge is 2.29. The van der Waals surface area contributed by atoms with Crippen molar-refractivity contribution in [3.05, 3.63) is 70.3 Å². The van der Waals surface area contributed by atoms with E-state index in [1.165, 1.54) is 23.7 Å². The van der Waals surface area contributed by atoms with Crippen molar-refractivity contribution < 1.29 is 23.0 Å². The average molecular weight is 475 g/mol. The first kappa shape index (κ1) is 25.3. The van der Waals surface area contributed by atoms with Crippen LogP contribution in [0.2, 0.25) is 0 Å². The lowest BCUT2D eigenvalue weighted by Gasteiger charge is -2.32. The summed E-state index contributed by atoms with van der Waals surface area (Å²) < 4.78 is 39.4. The summed E-state index contributed by atoms with van der Waals surface area (Å²) in [4.78, 5) is 32.7. The van der Waals surface area contributed by atoms with Gasteiger partial charge in [-0.15, -0.1) is 0 Å². The van der Waals surface area contributed by atoms with E-state index in [0.29, 0.717) is 29.2 Å². The summed E-state index contributed by atoms with van der Waals surface area (Å²) in [5.41, 5.74) is 0.103. The number of halogens is 2. The SMILES string of the molecule is CCC(c1nc2ccccc2c(=O)n1CCOC)N(CCOC)C(=O)Nc1ccc(F)cc1F. The number of rotatable bonds is 10. The van der Waals surface area contributed by atoms with E-state index in [2.05, 4.69) is 5.32 Å². The van der Waals surface area contributed by atoms with Crippen molar-refractivity contribution in [1.29, 1.82) is 0 Å². The van der Waals surface area contributed by atoms with Crippen LogP contribution in [0.5, 0.6) is 0 Å². The van der Waals surface area contributed by atoms with Crippen LogP contribution in [0.3, 0.4) is 0 Å². The maximum absolute atomic E-state index is 14.2. The molecule has 1 aromatic heterocycles. The van der Waals surface area contributed by atoms with Gasteiger partial charge in [-0.2, -0.15) is 0 Å². The van der Waals surface area contributed by atoms with Crippen LogP contribution in [0.15, 0.2) is 47.3 Å². The van der Waals surface area contributed by atoms with E-state index in [0.717, 1.165) is 12.1 Å². The Balaban J connectivity index is 2.07. The molecule has 0 radical (unpaired) electrons. The minimum atomic E-state index is -0.895. The predicted molar refractivity (Wildman–Crippen MR) is 125 cm³/mol. The molecule has 34 heavy (non-hydrogen) atoms. The van der Waals surface area contributed by atoms with E-state index >= 15 is 0 Å². The van der Waals surface area contributed by atoms with Crippen molar-refractivity contribution in [2.75, 3.05) is 39.3 Å². The fourth-order valence-corrected chi connectivity index (χ4v) is 3.75. The molecule has 182 valence electrons. The highest BCUT2D eigenvalue weighted by Crippen LogP contribution is 2.25. The van der Waals surface area contributed by atoms with Gasteiger partial charge in [-0.3, -0.25) is 9.36 Å². The number of hydrogen-bond donors (Lipinski definition) is 1. The van der Waals surface area contributed by atoms with Gasteiger partial charge in [-0.25, -0.2) is 18.6 Å². The van der Waals surface area contributed by atoms with Crippen LogP contribution in [0.4, 0.5) is 19.3 Å². The van der Waals surface area contributed by atoms with E-state index in [4.69, 9.17) is 14.5 Å². The molecule has 1 N–H and O–H groups in total. The monoisotopic (exact) mass is 474 g/mol. The number of amides is 2. The summed E-state index contributed by atoms with van der Waals surface area (Å²) >= 11 is 0. The van der Waals surface area contributed by atoms with Crippen LogP contribution in [-0.4, -0.2) is 54.5 Å². The Labute approximate surface area is 196 Å². The summed E-state index contributed by atoms with van der Waals surface area (Å²) in [7, 11) is 3.03. The van der Waals surface area contributed by atoms with Gasteiger partial charge < -0.3 is 19.7 Å². The minimum Gasteiger partial charge on any atom is -0.383 e. The topological polar surface area (TPSA) is 85.7 Å². The van der Waals surface area contributed by atoms with Gasteiger partial charge in [0, 0.05) is 26.8 Å². The number of nitrogens with zero attached hydrogens (tertiary/aromatic N) is 3. The molecule has 0 spiro atoms. The van der Waals surface area contributed by atoms with Gasteiger partial charge in [0.1, 0.15) is 17.5 Å². The molecular weight excluding hydrogens is 446 g/mol. The Morgan fingerprint density at radius 2 is 1.88 bits per heavy atom. The lowest BCUT2D eigenvalue weighted by atomic mass is 10.1. The summed E-state index contributed by atoms with van der Waals surface area (Å²) in [6.45, 7) is 2.72. The summed E-state index contributed by atoms with van der Waals surface area (Å²) in [5, 5.41) is 2.95. The van der Waals surface area contributed by atoms with Crippen LogP contribution in [-0.2, 0) is 16.0 Å². The molecule has 0 aliphatic rings. The third-order valence-corrected chi connectivity index (χ3v) is 5.44. The van der Waals surface area contributed by atoms with E-state index < -0.39 is 23.7 Å². The largest absolute Gasteiger partial charge is 0.383 e. The number of anilines is 1. The molecule has 0 saturated heterocycles. The fourth-order valence-electron chi connectivity index (χ4n) is 3.75. The first-order chi connectivity index (χ1) is 16.4. The molecule has 0 aliphatic carbocycles. The third-order valence-electron chi connectivity index (χ3n) is 5.44. The zero-order chi connectivity index (χ0) is 24.7. The molecule has 1 atom stereocenters. The number of ether oxygens (including phenoxy) is 2. The first-order valence-corrected chi connectivity index (χ1v) is 10.9. The highest BCUT2D eigenvalue weighted by atomic mass is 19.1. The molecule has 0 aliphatic heterocycles. The van der Waals surface area contributed by atoms with Gasteiger partial charge >= 0.3 is 6.03 Å². The molecule has 3 aromatic rings. The zero-order valence-electron chi connectivity index (χ0n) is 19.4. The fraction of sp³-hybridized carbons (Fsp3) is 0.375. The number of aromatic nitrogens is 2. The second-order valence-corrected chi connectivity index (χ2v) is 7.60. The molecule has 2 aromatic carbocycles. The first-order valence-electron chi connectivity index (χ1n) is 10.9. The van der Waals surface area contributed by atoms with E-state index in [9.17, 15) is 18.4 Å². The highest BCUT2D eigenvalue weighted by molar-refractivity contribution is 5.89. The lowest BCUT2D eigenvalue weighted by Crippen LogP contribution is -2.43. The summed E-state index contributed by atoms with van der Waals surface area (Å²) in [5.74, 6) is -1.26. The quantitative estimate of drug-likeness (QED) is 0.481. The van der Waals surface area contributed by atoms with Gasteiger partial charge in [-0.1, -0.05) is 19.1 Å². The standard InChI is InChI=1S/C24H28F2N4O4/c1-4-21(22-27-19-8-6-5-7-17(19)23(31)30(22)12-14-34-3)29(11-13-33-2)24(32)28-20-10-9-16(25)15-18(20)26/h5-10,15,21H,4,11-14H2,1-3H3,(H,28,32). The van der Waals surface area contributed by atoms with E-state index in [1.54, 1.807) is 24.3 Å². The van der Waals surface area contributed by atoms with Crippen LogP contribution >= 0.6 is 0 Å². The molecule has 10 heteroatoms. The van der Waals surface area contributed by atoms with Gasteiger partial charge in [0.2, 0.25) is 0 Å². The number of carbonyl (C=O) groups is 1. The van der Waals surface area contributed by atoms with Crippen LogP contribution < -0.4 is 10.9 Å². The molecule has 0 bridgehead atoms. The zero-order valence-corrected chi connectivity index (χ0v) is 19.4. The molecule has 1 heterocycles. The smallest absolute Gasteiger partial charge is 0.322 e.